The van der Waals surface area contributed by atoms with Crippen molar-refractivity contribution in [3.05, 3.63) is 42.5 Å². The Morgan fingerprint density at radius 1 is 1.21 bits per heavy atom. The van der Waals surface area contributed by atoms with Gasteiger partial charge < -0.3 is 15.9 Å². The molecule has 2 rings (SSSR count). The maximum absolute atomic E-state index is 11.7. The van der Waals surface area contributed by atoms with E-state index < -0.39 is 6.03 Å². The van der Waals surface area contributed by atoms with Crippen molar-refractivity contribution in [2.75, 3.05) is 12.4 Å². The number of hydrogen-bond donors (Lipinski definition) is 3. The van der Waals surface area contributed by atoms with Crippen LogP contribution in [0.2, 0.25) is 0 Å². The Bertz CT molecular complexity index is 620. The maximum atomic E-state index is 11.7. The van der Waals surface area contributed by atoms with E-state index in [1.807, 2.05) is 42.5 Å². The van der Waals surface area contributed by atoms with Crippen molar-refractivity contribution in [3.8, 4) is 0 Å². The number of anilines is 1. The first-order valence-corrected chi connectivity index (χ1v) is 5.63. The zero-order chi connectivity index (χ0) is 13.7. The first-order valence-electron chi connectivity index (χ1n) is 5.63. The van der Waals surface area contributed by atoms with Crippen LogP contribution in [-0.2, 0) is 4.84 Å². The second-order valence-electron chi connectivity index (χ2n) is 3.76. The normalized spacial score (nSPS) is 11.1. The molecule has 98 valence electrons. The third-order valence-electron chi connectivity index (χ3n) is 2.47. The van der Waals surface area contributed by atoms with Crippen LogP contribution in [0.5, 0.6) is 0 Å². The molecule has 0 saturated carbocycles. The Morgan fingerprint density at radius 3 is 2.74 bits per heavy atom. The number of nitrogens with zero attached hydrogens (tertiary/aromatic N) is 1. The first kappa shape index (κ1) is 12.7. The van der Waals surface area contributed by atoms with E-state index >= 15 is 0 Å². The molecule has 6 heteroatoms. The summed E-state index contributed by atoms with van der Waals surface area (Å²) < 4.78 is 0. The van der Waals surface area contributed by atoms with Crippen LogP contribution >= 0.6 is 0 Å². The van der Waals surface area contributed by atoms with Gasteiger partial charge in [0.25, 0.3) is 0 Å². The number of oxime groups is 1. The molecule has 0 aliphatic rings. The highest BCUT2D eigenvalue weighted by Crippen LogP contribution is 2.22. The molecule has 2 amide bonds. The molecule has 0 spiro atoms. The standard InChI is InChI=1S/C13H14N4O2/c1-19-17-12(14)16-13(18)15-11-8-4-6-9-5-2-3-7-10(9)11/h2-8H,1H3,(H4,14,15,16,17,18). The number of nitrogens with one attached hydrogen (secondary N) is 2. The first-order chi connectivity index (χ1) is 9.20. The molecule has 0 unspecified atom stereocenters. The highest BCUT2D eigenvalue weighted by atomic mass is 16.6. The molecule has 2 aromatic carbocycles. The summed E-state index contributed by atoms with van der Waals surface area (Å²) in [4.78, 5) is 16.1. The lowest BCUT2D eigenvalue weighted by Crippen LogP contribution is -2.39. The summed E-state index contributed by atoms with van der Waals surface area (Å²) in [6.45, 7) is 0. The number of amides is 2. The van der Waals surface area contributed by atoms with Crippen LogP contribution in [-0.4, -0.2) is 19.1 Å². The van der Waals surface area contributed by atoms with Gasteiger partial charge in [0, 0.05) is 5.39 Å². The van der Waals surface area contributed by atoms with E-state index in [0.29, 0.717) is 5.69 Å². The van der Waals surface area contributed by atoms with Crippen LogP contribution in [0.3, 0.4) is 0 Å². The Kier molecular flexibility index (Phi) is 3.82. The molecule has 0 bridgehead atoms. The van der Waals surface area contributed by atoms with Gasteiger partial charge in [-0.3, -0.25) is 5.32 Å². The average molecular weight is 258 g/mol. The monoisotopic (exact) mass is 258 g/mol. The number of carbonyl (C=O) groups excluding carboxylic acids is 1. The Hall–Kier alpha value is -2.76. The van der Waals surface area contributed by atoms with Crippen LogP contribution in [0.4, 0.5) is 10.5 Å². The topological polar surface area (TPSA) is 88.7 Å². The quantitative estimate of drug-likeness (QED) is 0.436. The molecule has 0 saturated heterocycles. The second kappa shape index (κ2) is 5.72. The Balaban J connectivity index is 2.17. The fourth-order valence-electron chi connectivity index (χ4n) is 1.73. The largest absolute Gasteiger partial charge is 0.396 e. The predicted molar refractivity (Wildman–Crippen MR) is 74.7 cm³/mol. The zero-order valence-corrected chi connectivity index (χ0v) is 10.4. The molecule has 4 N–H and O–H groups in total. The minimum Gasteiger partial charge on any atom is -0.396 e. The van der Waals surface area contributed by atoms with E-state index in [0.717, 1.165) is 10.8 Å². The summed E-state index contributed by atoms with van der Waals surface area (Å²) in [5, 5.41) is 10.4. The van der Waals surface area contributed by atoms with Gasteiger partial charge in [-0.25, -0.2) is 4.79 Å². The summed E-state index contributed by atoms with van der Waals surface area (Å²) in [7, 11) is 1.34. The van der Waals surface area contributed by atoms with Crippen LogP contribution in [0.15, 0.2) is 47.6 Å². The van der Waals surface area contributed by atoms with Gasteiger partial charge in [-0.15, -0.1) is 0 Å². The number of carbonyl (C=O) groups is 1. The number of guanidine groups is 1. The van der Waals surface area contributed by atoms with E-state index in [2.05, 4.69) is 20.6 Å². The van der Waals surface area contributed by atoms with Crippen molar-refractivity contribution >= 4 is 28.5 Å². The van der Waals surface area contributed by atoms with Crippen molar-refractivity contribution in [1.29, 1.82) is 0 Å². The molecule has 0 fully saturated rings. The lowest BCUT2D eigenvalue weighted by atomic mass is 10.1. The average Bonchev–Trinajstić information content (AvgIpc) is 2.39. The molecule has 0 aliphatic heterocycles. The zero-order valence-electron chi connectivity index (χ0n) is 10.4. The van der Waals surface area contributed by atoms with E-state index in [-0.39, 0.29) is 5.96 Å². The molecule has 0 atom stereocenters. The third-order valence-corrected chi connectivity index (χ3v) is 2.47. The number of urea groups is 1. The van der Waals surface area contributed by atoms with Crippen LogP contribution < -0.4 is 16.4 Å². The van der Waals surface area contributed by atoms with Crippen LogP contribution in [0, 0.1) is 0 Å². The third kappa shape index (κ3) is 3.12. The van der Waals surface area contributed by atoms with E-state index in [1.54, 1.807) is 0 Å². The number of fused-ring (bicyclic) bond motifs is 1. The van der Waals surface area contributed by atoms with Crippen LogP contribution in [0.25, 0.3) is 10.8 Å². The maximum Gasteiger partial charge on any atom is 0.326 e. The number of benzene rings is 2. The molecule has 0 heterocycles. The molecule has 6 nitrogen and oxygen atoms in total. The fraction of sp³-hybridized carbons (Fsp3) is 0.0769. The number of hydrogen-bond acceptors (Lipinski definition) is 3. The van der Waals surface area contributed by atoms with Gasteiger partial charge >= 0.3 is 6.03 Å². The molecule has 0 radical (unpaired) electrons. The predicted octanol–water partition coefficient (Wildman–Crippen LogP) is 1.84. The van der Waals surface area contributed by atoms with Crippen LogP contribution in [0.1, 0.15) is 0 Å². The smallest absolute Gasteiger partial charge is 0.326 e. The SMILES string of the molecule is CON=C(N)NC(=O)Nc1cccc2ccccc12. The Morgan fingerprint density at radius 2 is 1.95 bits per heavy atom. The van der Waals surface area contributed by atoms with Crippen molar-refractivity contribution in [1.82, 2.24) is 5.32 Å². The van der Waals surface area contributed by atoms with E-state index in [4.69, 9.17) is 5.73 Å². The molecule has 0 aromatic heterocycles. The molecule has 0 aliphatic carbocycles. The van der Waals surface area contributed by atoms with Gasteiger partial charge in [-0.05, 0) is 16.6 Å². The van der Waals surface area contributed by atoms with Gasteiger partial charge in [0.15, 0.2) is 0 Å². The molecule has 19 heavy (non-hydrogen) atoms. The van der Waals surface area contributed by atoms with Crippen molar-refractivity contribution in [2.45, 2.75) is 0 Å². The summed E-state index contributed by atoms with van der Waals surface area (Å²) in [5.41, 5.74) is 6.10. The number of rotatable bonds is 2. The van der Waals surface area contributed by atoms with Gasteiger partial charge in [0.05, 0.1) is 5.69 Å². The molecule has 2 aromatic rings. The van der Waals surface area contributed by atoms with Crippen molar-refractivity contribution in [3.63, 3.8) is 0 Å². The van der Waals surface area contributed by atoms with E-state index in [9.17, 15) is 4.79 Å². The fourth-order valence-corrected chi connectivity index (χ4v) is 1.73. The molecular formula is C13H14N4O2. The Labute approximate surface area is 110 Å². The highest BCUT2D eigenvalue weighted by molar-refractivity contribution is 6.06. The molecular weight excluding hydrogens is 244 g/mol. The van der Waals surface area contributed by atoms with Gasteiger partial charge in [0.1, 0.15) is 7.11 Å². The minimum absolute atomic E-state index is 0.111. The number of nitrogens with two attached hydrogens (primary N) is 1. The minimum atomic E-state index is -0.477. The summed E-state index contributed by atoms with van der Waals surface area (Å²) in [5.74, 6) is -0.111. The lowest BCUT2D eigenvalue weighted by Gasteiger charge is -2.09. The summed E-state index contributed by atoms with van der Waals surface area (Å²) >= 11 is 0. The summed E-state index contributed by atoms with van der Waals surface area (Å²) in [6, 6.07) is 12.9. The highest BCUT2D eigenvalue weighted by Gasteiger charge is 2.06. The second-order valence-corrected chi connectivity index (χ2v) is 3.76. The summed E-state index contributed by atoms with van der Waals surface area (Å²) in [6.07, 6.45) is 0. The van der Waals surface area contributed by atoms with Crippen molar-refractivity contribution < 1.29 is 9.63 Å². The van der Waals surface area contributed by atoms with E-state index in [1.165, 1.54) is 7.11 Å². The van der Waals surface area contributed by atoms with Gasteiger partial charge in [-0.2, -0.15) is 0 Å². The van der Waals surface area contributed by atoms with Crippen molar-refractivity contribution in [2.24, 2.45) is 10.9 Å². The lowest BCUT2D eigenvalue weighted by molar-refractivity contribution is 0.211. The van der Waals surface area contributed by atoms with Gasteiger partial charge in [0.2, 0.25) is 5.96 Å². The van der Waals surface area contributed by atoms with Gasteiger partial charge in [-0.1, -0.05) is 36.4 Å².